The molecule has 0 amide bonds. The van der Waals surface area contributed by atoms with E-state index in [0.717, 1.165) is 5.56 Å². The standard InChI is InChI=1S/C11H17N5O3S/c1-7-9(8(2)19-14-7)5-16(4)20(17,18)11-10(12)13-6-15(11)3/h6H,5,12H2,1-4H3. The van der Waals surface area contributed by atoms with Crippen LogP contribution in [0.3, 0.4) is 0 Å². The summed E-state index contributed by atoms with van der Waals surface area (Å²) < 4.78 is 32.7. The Kier molecular flexibility index (Phi) is 3.57. The molecule has 2 aromatic heterocycles. The van der Waals surface area contributed by atoms with Gasteiger partial charge in [-0.15, -0.1) is 0 Å². The molecular weight excluding hydrogens is 282 g/mol. The molecule has 0 aliphatic carbocycles. The molecule has 0 saturated heterocycles. The maximum absolute atomic E-state index is 12.5. The number of nitrogens with zero attached hydrogens (tertiary/aromatic N) is 4. The van der Waals surface area contributed by atoms with Crippen LogP contribution in [0, 0.1) is 13.8 Å². The van der Waals surface area contributed by atoms with Gasteiger partial charge >= 0.3 is 0 Å². The molecule has 2 rings (SSSR count). The van der Waals surface area contributed by atoms with Crippen molar-refractivity contribution in [1.82, 2.24) is 19.0 Å². The van der Waals surface area contributed by atoms with Gasteiger partial charge in [-0.2, -0.15) is 4.31 Å². The van der Waals surface area contributed by atoms with E-state index in [2.05, 4.69) is 10.1 Å². The zero-order chi connectivity index (χ0) is 15.1. The molecule has 9 heteroatoms. The molecule has 0 fully saturated rings. The average Bonchev–Trinajstić information content (AvgIpc) is 2.86. The van der Waals surface area contributed by atoms with E-state index >= 15 is 0 Å². The smallest absolute Gasteiger partial charge is 0.262 e. The van der Waals surface area contributed by atoms with Crippen LogP contribution in [0.25, 0.3) is 0 Å². The number of aryl methyl sites for hydroxylation is 3. The zero-order valence-electron chi connectivity index (χ0n) is 11.8. The second kappa shape index (κ2) is 4.91. The van der Waals surface area contributed by atoms with Crippen LogP contribution in [0.1, 0.15) is 17.0 Å². The average molecular weight is 299 g/mol. The van der Waals surface area contributed by atoms with Crippen molar-refractivity contribution >= 4 is 15.8 Å². The highest BCUT2D eigenvalue weighted by Crippen LogP contribution is 2.23. The van der Waals surface area contributed by atoms with Gasteiger partial charge in [0.15, 0.2) is 10.8 Å². The normalized spacial score (nSPS) is 12.2. The molecule has 0 saturated carbocycles. The van der Waals surface area contributed by atoms with Crippen molar-refractivity contribution in [2.45, 2.75) is 25.4 Å². The fourth-order valence-corrected chi connectivity index (χ4v) is 3.26. The lowest BCUT2D eigenvalue weighted by molar-refractivity contribution is 0.389. The lowest BCUT2D eigenvalue weighted by Crippen LogP contribution is -2.29. The second-order valence-electron chi connectivity index (χ2n) is 4.61. The van der Waals surface area contributed by atoms with E-state index in [4.69, 9.17) is 10.3 Å². The molecule has 0 radical (unpaired) electrons. The Bertz CT molecular complexity index is 692. The van der Waals surface area contributed by atoms with Crippen molar-refractivity contribution in [3.8, 4) is 0 Å². The van der Waals surface area contributed by atoms with Gasteiger partial charge < -0.3 is 14.8 Å². The number of sulfonamides is 1. The minimum absolute atomic E-state index is 0.0156. The second-order valence-corrected chi connectivity index (χ2v) is 6.57. The first-order valence-electron chi connectivity index (χ1n) is 5.90. The van der Waals surface area contributed by atoms with E-state index in [1.54, 1.807) is 20.9 Å². The van der Waals surface area contributed by atoms with Gasteiger partial charge in [-0.05, 0) is 13.8 Å². The summed E-state index contributed by atoms with van der Waals surface area (Å²) in [6.45, 7) is 3.67. The van der Waals surface area contributed by atoms with Crippen LogP contribution >= 0.6 is 0 Å². The summed E-state index contributed by atoms with van der Waals surface area (Å²) in [6, 6.07) is 0. The summed E-state index contributed by atoms with van der Waals surface area (Å²) in [7, 11) is -0.664. The molecule has 0 spiro atoms. The van der Waals surface area contributed by atoms with E-state index in [0.29, 0.717) is 11.5 Å². The fourth-order valence-electron chi connectivity index (χ4n) is 1.93. The fraction of sp³-hybridized carbons (Fsp3) is 0.455. The van der Waals surface area contributed by atoms with Crippen LogP contribution < -0.4 is 5.73 Å². The van der Waals surface area contributed by atoms with Crippen LogP contribution in [-0.4, -0.2) is 34.5 Å². The SMILES string of the molecule is Cc1noc(C)c1CN(C)S(=O)(=O)c1c(N)ncn1C. The summed E-state index contributed by atoms with van der Waals surface area (Å²) in [5, 5.41) is 3.79. The van der Waals surface area contributed by atoms with Crippen molar-refractivity contribution in [1.29, 1.82) is 0 Å². The largest absolute Gasteiger partial charge is 0.381 e. The molecule has 2 aromatic rings. The monoisotopic (exact) mass is 299 g/mol. The van der Waals surface area contributed by atoms with Gasteiger partial charge in [0.1, 0.15) is 5.76 Å². The Morgan fingerprint density at radius 2 is 2.10 bits per heavy atom. The highest BCUT2D eigenvalue weighted by atomic mass is 32.2. The van der Waals surface area contributed by atoms with Gasteiger partial charge in [0, 0.05) is 26.2 Å². The van der Waals surface area contributed by atoms with Crippen molar-refractivity contribution in [3.63, 3.8) is 0 Å². The molecule has 0 unspecified atom stereocenters. The number of rotatable bonds is 4. The molecule has 2 N–H and O–H groups in total. The number of imidazole rings is 1. The molecule has 8 nitrogen and oxygen atoms in total. The highest BCUT2D eigenvalue weighted by molar-refractivity contribution is 7.89. The quantitative estimate of drug-likeness (QED) is 0.877. The summed E-state index contributed by atoms with van der Waals surface area (Å²) >= 11 is 0. The van der Waals surface area contributed by atoms with Gasteiger partial charge in [-0.25, -0.2) is 13.4 Å². The van der Waals surface area contributed by atoms with Crippen LogP contribution in [0.5, 0.6) is 0 Å². The number of hydrogen-bond acceptors (Lipinski definition) is 6. The number of nitrogen functional groups attached to an aromatic ring is 1. The highest BCUT2D eigenvalue weighted by Gasteiger charge is 2.28. The Morgan fingerprint density at radius 3 is 2.55 bits per heavy atom. The van der Waals surface area contributed by atoms with Crippen LogP contribution in [-0.2, 0) is 23.6 Å². The number of hydrogen-bond donors (Lipinski definition) is 1. The zero-order valence-corrected chi connectivity index (χ0v) is 12.6. The third-order valence-corrected chi connectivity index (χ3v) is 5.06. The maximum atomic E-state index is 12.5. The molecule has 2 heterocycles. The third-order valence-electron chi connectivity index (χ3n) is 3.13. The van der Waals surface area contributed by atoms with E-state index in [-0.39, 0.29) is 17.4 Å². The van der Waals surface area contributed by atoms with Gasteiger partial charge in [0.25, 0.3) is 10.0 Å². The van der Waals surface area contributed by atoms with Crippen LogP contribution in [0.2, 0.25) is 0 Å². The molecule has 0 aliphatic heterocycles. The van der Waals surface area contributed by atoms with Crippen molar-refractivity contribution < 1.29 is 12.9 Å². The van der Waals surface area contributed by atoms with Gasteiger partial charge in [-0.1, -0.05) is 5.16 Å². The molecule has 0 aromatic carbocycles. The first-order chi connectivity index (χ1) is 9.25. The first kappa shape index (κ1) is 14.5. The predicted octanol–water partition coefficient (Wildman–Crippen LogP) is 0.428. The molecule has 0 atom stereocenters. The minimum Gasteiger partial charge on any atom is -0.381 e. The molecule has 20 heavy (non-hydrogen) atoms. The van der Waals surface area contributed by atoms with Crippen molar-refractivity contribution in [2.75, 3.05) is 12.8 Å². The molecule has 0 aliphatic rings. The first-order valence-corrected chi connectivity index (χ1v) is 7.34. The topological polar surface area (TPSA) is 107 Å². The number of anilines is 1. The lowest BCUT2D eigenvalue weighted by atomic mass is 10.2. The maximum Gasteiger partial charge on any atom is 0.262 e. The van der Waals surface area contributed by atoms with Gasteiger partial charge in [0.05, 0.1) is 12.0 Å². The predicted molar refractivity (Wildman–Crippen MR) is 72.3 cm³/mol. The summed E-state index contributed by atoms with van der Waals surface area (Å²) in [4.78, 5) is 3.80. The number of aromatic nitrogens is 3. The van der Waals surface area contributed by atoms with Gasteiger partial charge in [-0.3, -0.25) is 0 Å². The Balaban J connectivity index is 2.36. The minimum atomic E-state index is -3.73. The van der Waals surface area contributed by atoms with Crippen LogP contribution in [0.15, 0.2) is 15.9 Å². The van der Waals surface area contributed by atoms with Crippen LogP contribution in [0.4, 0.5) is 5.82 Å². The van der Waals surface area contributed by atoms with E-state index in [1.165, 1.54) is 22.2 Å². The van der Waals surface area contributed by atoms with Gasteiger partial charge in [0.2, 0.25) is 0 Å². The summed E-state index contributed by atoms with van der Waals surface area (Å²) in [6.07, 6.45) is 1.37. The number of nitrogens with two attached hydrogens (primary N) is 1. The van der Waals surface area contributed by atoms with Crippen molar-refractivity contribution in [2.24, 2.45) is 7.05 Å². The third kappa shape index (κ3) is 2.29. The summed E-state index contributed by atoms with van der Waals surface area (Å²) in [5.41, 5.74) is 7.05. The molecule has 0 bridgehead atoms. The van der Waals surface area contributed by atoms with E-state index in [9.17, 15) is 8.42 Å². The lowest BCUT2D eigenvalue weighted by Gasteiger charge is -2.17. The Morgan fingerprint density at radius 1 is 1.45 bits per heavy atom. The molecule has 110 valence electrons. The molecular formula is C11H17N5O3S. The Hall–Kier alpha value is -1.87. The Labute approximate surface area is 117 Å². The van der Waals surface area contributed by atoms with Crippen molar-refractivity contribution in [3.05, 3.63) is 23.3 Å². The van der Waals surface area contributed by atoms with E-state index in [1.807, 2.05) is 0 Å². The summed E-state index contributed by atoms with van der Waals surface area (Å²) in [5.74, 6) is 0.584. The van der Waals surface area contributed by atoms with E-state index < -0.39 is 10.0 Å².